The number of H-pyrrole nitrogens is 1. The molecule has 0 aliphatic carbocycles. The van der Waals surface area contributed by atoms with Crippen molar-refractivity contribution in [1.29, 1.82) is 0 Å². The summed E-state index contributed by atoms with van der Waals surface area (Å²) in [6, 6.07) is 2.25. The maximum absolute atomic E-state index is 11.5. The van der Waals surface area contributed by atoms with E-state index < -0.39 is 0 Å². The Bertz CT molecular complexity index is 441. The van der Waals surface area contributed by atoms with Crippen LogP contribution in [0.15, 0.2) is 16.0 Å². The number of aromatic nitrogens is 2. The first-order valence-electron chi connectivity index (χ1n) is 7.24. The molecule has 1 aromatic rings. The van der Waals surface area contributed by atoms with E-state index >= 15 is 0 Å². The third-order valence-corrected chi connectivity index (χ3v) is 4.30. The van der Waals surface area contributed by atoms with Crippen LogP contribution in [0, 0.1) is 0 Å². The Balaban J connectivity index is 1.82. The van der Waals surface area contributed by atoms with Gasteiger partial charge in [0.05, 0.1) is 0 Å². The van der Waals surface area contributed by atoms with Crippen LogP contribution in [0.5, 0.6) is 0 Å². The lowest BCUT2D eigenvalue weighted by molar-refractivity contribution is 0.394. The average Bonchev–Trinajstić information content (AvgIpc) is 2.40. The highest BCUT2D eigenvalue weighted by atomic mass is 32.2. The quantitative estimate of drug-likeness (QED) is 0.621. The molecule has 1 atom stereocenters. The van der Waals surface area contributed by atoms with Crippen LogP contribution >= 0.6 is 11.8 Å². The Morgan fingerprint density at radius 2 is 2.37 bits per heavy atom. The van der Waals surface area contributed by atoms with E-state index in [1.165, 1.54) is 19.3 Å². The van der Waals surface area contributed by atoms with Crippen molar-refractivity contribution in [2.45, 2.75) is 56.6 Å². The van der Waals surface area contributed by atoms with Crippen molar-refractivity contribution in [2.24, 2.45) is 0 Å². The fourth-order valence-electron chi connectivity index (χ4n) is 2.40. The third kappa shape index (κ3) is 4.99. The third-order valence-electron chi connectivity index (χ3n) is 3.40. The van der Waals surface area contributed by atoms with Gasteiger partial charge in [-0.15, -0.1) is 0 Å². The van der Waals surface area contributed by atoms with Crippen molar-refractivity contribution in [3.05, 3.63) is 22.1 Å². The fraction of sp³-hybridized carbons (Fsp3) is 0.714. The van der Waals surface area contributed by atoms with Crippen molar-refractivity contribution in [3.8, 4) is 0 Å². The molecule has 1 aliphatic rings. The van der Waals surface area contributed by atoms with E-state index in [1.807, 2.05) is 0 Å². The van der Waals surface area contributed by atoms with Crippen molar-refractivity contribution in [3.63, 3.8) is 0 Å². The molecule has 0 bridgehead atoms. The lowest BCUT2D eigenvalue weighted by Crippen LogP contribution is -2.34. The number of rotatable bonds is 6. The van der Waals surface area contributed by atoms with Gasteiger partial charge in [-0.1, -0.05) is 31.5 Å². The Morgan fingerprint density at radius 3 is 3.11 bits per heavy atom. The summed E-state index contributed by atoms with van der Waals surface area (Å²) in [5.74, 6) is 1.01. The van der Waals surface area contributed by atoms with Crippen LogP contribution < -0.4 is 10.9 Å². The number of thioether (sulfide) groups is 1. The fourth-order valence-corrected chi connectivity index (χ4v) is 3.35. The van der Waals surface area contributed by atoms with E-state index in [0.29, 0.717) is 6.04 Å². The lowest BCUT2D eigenvalue weighted by Gasteiger charge is -2.22. The summed E-state index contributed by atoms with van der Waals surface area (Å²) < 4.78 is 0. The van der Waals surface area contributed by atoms with Crippen molar-refractivity contribution in [2.75, 3.05) is 12.3 Å². The number of aryl methyl sites for hydroxylation is 1. The topological polar surface area (TPSA) is 57.8 Å². The van der Waals surface area contributed by atoms with Crippen molar-refractivity contribution < 1.29 is 0 Å². The van der Waals surface area contributed by atoms with Crippen LogP contribution in [0.25, 0.3) is 0 Å². The standard InChI is InChI=1S/C14H23N3OS/c1-2-5-12-10-13(18)17-14(16-12)19-9-7-11-6-3-4-8-15-11/h10-11,15H,2-9H2,1H3,(H,16,17,18). The Labute approximate surface area is 118 Å². The second-order valence-electron chi connectivity index (χ2n) is 5.08. The highest BCUT2D eigenvalue weighted by Gasteiger charge is 2.12. The molecule has 106 valence electrons. The summed E-state index contributed by atoms with van der Waals surface area (Å²) >= 11 is 1.66. The highest BCUT2D eigenvalue weighted by molar-refractivity contribution is 7.99. The first-order valence-corrected chi connectivity index (χ1v) is 8.23. The molecule has 19 heavy (non-hydrogen) atoms. The van der Waals surface area contributed by atoms with Gasteiger partial charge in [0.2, 0.25) is 0 Å². The molecule has 5 heteroatoms. The summed E-state index contributed by atoms with van der Waals surface area (Å²) in [7, 11) is 0. The number of hydrogen-bond donors (Lipinski definition) is 2. The van der Waals surface area contributed by atoms with Crippen molar-refractivity contribution >= 4 is 11.8 Å². The summed E-state index contributed by atoms with van der Waals surface area (Å²) in [4.78, 5) is 18.8. The minimum Gasteiger partial charge on any atom is -0.314 e. The normalized spacial score (nSPS) is 19.5. The largest absolute Gasteiger partial charge is 0.314 e. The summed E-state index contributed by atoms with van der Waals surface area (Å²) in [6.07, 6.45) is 6.96. The smallest absolute Gasteiger partial charge is 0.251 e. The molecular weight excluding hydrogens is 258 g/mol. The Hall–Kier alpha value is -0.810. The predicted molar refractivity (Wildman–Crippen MR) is 79.8 cm³/mol. The number of nitrogens with zero attached hydrogens (tertiary/aromatic N) is 1. The molecular formula is C14H23N3OS. The zero-order chi connectivity index (χ0) is 13.5. The maximum atomic E-state index is 11.5. The zero-order valence-corrected chi connectivity index (χ0v) is 12.4. The van der Waals surface area contributed by atoms with Crippen LogP contribution in [-0.4, -0.2) is 28.3 Å². The van der Waals surface area contributed by atoms with E-state index in [0.717, 1.165) is 42.4 Å². The lowest BCUT2D eigenvalue weighted by atomic mass is 10.0. The minimum atomic E-state index is -0.0308. The molecule has 0 spiro atoms. The van der Waals surface area contributed by atoms with Crippen LogP contribution in [0.4, 0.5) is 0 Å². The Kier molecular flexibility index (Phi) is 5.92. The highest BCUT2D eigenvalue weighted by Crippen LogP contribution is 2.17. The molecule has 1 saturated heterocycles. The number of aromatic amines is 1. The first kappa shape index (κ1) is 14.6. The van der Waals surface area contributed by atoms with Gasteiger partial charge in [-0.25, -0.2) is 4.98 Å². The van der Waals surface area contributed by atoms with Crippen LogP contribution in [0.2, 0.25) is 0 Å². The summed E-state index contributed by atoms with van der Waals surface area (Å²) in [5.41, 5.74) is 0.876. The van der Waals surface area contributed by atoms with Crippen LogP contribution in [-0.2, 0) is 6.42 Å². The van der Waals surface area contributed by atoms with Gasteiger partial charge in [0, 0.05) is 23.6 Å². The van der Waals surface area contributed by atoms with Gasteiger partial charge in [-0.05, 0) is 32.2 Å². The molecule has 1 aromatic heterocycles. The van der Waals surface area contributed by atoms with Crippen molar-refractivity contribution in [1.82, 2.24) is 15.3 Å². The number of nitrogens with one attached hydrogen (secondary N) is 2. The number of hydrogen-bond acceptors (Lipinski definition) is 4. The van der Waals surface area contributed by atoms with Crippen LogP contribution in [0.3, 0.4) is 0 Å². The van der Waals surface area contributed by atoms with Gasteiger partial charge in [0.1, 0.15) is 0 Å². The van der Waals surface area contributed by atoms with Gasteiger partial charge in [0.15, 0.2) is 5.16 Å². The summed E-state index contributed by atoms with van der Waals surface area (Å²) in [6.45, 7) is 3.25. The monoisotopic (exact) mass is 281 g/mol. The van der Waals surface area contributed by atoms with Gasteiger partial charge in [-0.3, -0.25) is 4.79 Å². The molecule has 1 fully saturated rings. The van der Waals surface area contributed by atoms with E-state index in [9.17, 15) is 4.79 Å². The van der Waals surface area contributed by atoms with Crippen LogP contribution in [0.1, 0.15) is 44.7 Å². The van der Waals surface area contributed by atoms with E-state index in [1.54, 1.807) is 17.8 Å². The summed E-state index contributed by atoms with van der Waals surface area (Å²) in [5, 5.41) is 4.31. The first-order chi connectivity index (χ1) is 9.28. The van der Waals surface area contributed by atoms with E-state index in [-0.39, 0.29) is 5.56 Å². The molecule has 2 heterocycles. The minimum absolute atomic E-state index is 0.0308. The molecule has 0 aromatic carbocycles. The molecule has 1 aliphatic heterocycles. The molecule has 0 amide bonds. The molecule has 4 nitrogen and oxygen atoms in total. The van der Waals surface area contributed by atoms with Gasteiger partial charge in [-0.2, -0.15) is 0 Å². The number of piperidine rings is 1. The van der Waals surface area contributed by atoms with E-state index in [4.69, 9.17) is 0 Å². The zero-order valence-electron chi connectivity index (χ0n) is 11.6. The van der Waals surface area contributed by atoms with Gasteiger partial charge >= 0.3 is 0 Å². The Morgan fingerprint density at radius 1 is 1.47 bits per heavy atom. The average molecular weight is 281 g/mol. The maximum Gasteiger partial charge on any atom is 0.251 e. The second kappa shape index (κ2) is 7.70. The molecule has 1 unspecified atom stereocenters. The molecule has 0 radical (unpaired) electrons. The SMILES string of the molecule is CCCc1cc(=O)[nH]c(SCCC2CCCCN2)n1. The molecule has 2 rings (SSSR count). The van der Waals surface area contributed by atoms with E-state index in [2.05, 4.69) is 22.2 Å². The molecule has 0 saturated carbocycles. The van der Waals surface area contributed by atoms with Gasteiger partial charge < -0.3 is 10.3 Å². The predicted octanol–water partition coefficient (Wildman–Crippen LogP) is 2.35. The van der Waals surface area contributed by atoms with Gasteiger partial charge in [0.25, 0.3) is 5.56 Å². The molecule has 2 N–H and O–H groups in total. The second-order valence-corrected chi connectivity index (χ2v) is 6.16.